The Balaban J connectivity index is 2.31. The molecule has 0 fully saturated rings. The smallest absolute Gasteiger partial charge is 0.301 e. The van der Waals surface area contributed by atoms with E-state index in [2.05, 4.69) is 10.5 Å². The zero-order valence-electron chi connectivity index (χ0n) is 12.6. The summed E-state index contributed by atoms with van der Waals surface area (Å²) in [5, 5.41) is 26.3. The number of rotatable bonds is 6. The minimum Gasteiger partial charge on any atom is -0.495 e. The molecule has 9 nitrogen and oxygen atoms in total. The third-order valence-electron chi connectivity index (χ3n) is 3.02. The monoisotopic (exact) mass is 384 g/mol. The second-order valence-corrected chi connectivity index (χ2v) is 5.44. The molecular weight excluding hydrogens is 375 g/mol. The number of ether oxygens (including phenoxy) is 1. The van der Waals surface area contributed by atoms with Crippen LogP contribution < -0.4 is 10.2 Å². The van der Waals surface area contributed by atoms with Crippen molar-refractivity contribution >= 4 is 46.5 Å². The van der Waals surface area contributed by atoms with E-state index in [9.17, 15) is 20.2 Å². The summed E-state index contributed by atoms with van der Waals surface area (Å²) in [5.74, 6) is 0.329. The second kappa shape index (κ2) is 7.77. The van der Waals surface area contributed by atoms with Gasteiger partial charge in [-0.05, 0) is 18.2 Å². The van der Waals surface area contributed by atoms with Crippen LogP contribution in [-0.4, -0.2) is 23.2 Å². The van der Waals surface area contributed by atoms with Crippen molar-refractivity contribution < 1.29 is 14.6 Å². The first-order chi connectivity index (χ1) is 11.8. The second-order valence-electron chi connectivity index (χ2n) is 4.60. The van der Waals surface area contributed by atoms with Crippen LogP contribution in [0.2, 0.25) is 10.0 Å². The summed E-state index contributed by atoms with van der Waals surface area (Å²) in [6, 6.07) is 6.20. The van der Waals surface area contributed by atoms with Gasteiger partial charge in [0, 0.05) is 16.7 Å². The van der Waals surface area contributed by atoms with Gasteiger partial charge in [0.15, 0.2) is 0 Å². The fourth-order valence-corrected chi connectivity index (χ4v) is 2.53. The molecule has 11 heteroatoms. The van der Waals surface area contributed by atoms with Gasteiger partial charge in [0.05, 0.1) is 34.3 Å². The number of nitro benzene ring substituents is 2. The van der Waals surface area contributed by atoms with Crippen LogP contribution >= 0.6 is 23.2 Å². The van der Waals surface area contributed by atoms with Gasteiger partial charge >= 0.3 is 5.69 Å². The number of methoxy groups -OCH3 is 1. The van der Waals surface area contributed by atoms with Crippen LogP contribution in [0.4, 0.5) is 17.1 Å². The van der Waals surface area contributed by atoms with Gasteiger partial charge in [0.1, 0.15) is 11.4 Å². The van der Waals surface area contributed by atoms with Crippen LogP contribution in [0, 0.1) is 20.2 Å². The summed E-state index contributed by atoms with van der Waals surface area (Å²) in [7, 11) is 1.42. The molecule has 0 aliphatic rings. The molecule has 0 unspecified atom stereocenters. The predicted molar refractivity (Wildman–Crippen MR) is 94.0 cm³/mol. The molecule has 0 atom stereocenters. The number of halogens is 2. The van der Waals surface area contributed by atoms with E-state index in [1.807, 2.05) is 0 Å². The van der Waals surface area contributed by atoms with Crippen LogP contribution in [0.15, 0.2) is 35.4 Å². The Labute approximate surface area is 151 Å². The number of hydrogen-bond acceptors (Lipinski definition) is 7. The van der Waals surface area contributed by atoms with Crippen LogP contribution in [0.1, 0.15) is 5.56 Å². The first-order valence-corrected chi connectivity index (χ1v) is 7.34. The van der Waals surface area contributed by atoms with Crippen LogP contribution in [-0.2, 0) is 0 Å². The van der Waals surface area contributed by atoms with Crippen LogP contribution in [0.25, 0.3) is 0 Å². The van der Waals surface area contributed by atoms with E-state index in [0.717, 1.165) is 12.1 Å². The number of hydrazone groups is 1. The molecular formula is C14H10Cl2N4O5. The minimum atomic E-state index is -0.748. The van der Waals surface area contributed by atoms with Crippen molar-refractivity contribution in [1.29, 1.82) is 0 Å². The third-order valence-corrected chi connectivity index (χ3v) is 3.52. The quantitative estimate of drug-likeness (QED) is 0.451. The summed E-state index contributed by atoms with van der Waals surface area (Å²) in [6.07, 6.45) is 1.31. The molecule has 0 spiro atoms. The Morgan fingerprint density at radius 2 is 1.88 bits per heavy atom. The molecule has 0 aliphatic carbocycles. The highest BCUT2D eigenvalue weighted by Gasteiger charge is 2.19. The van der Waals surface area contributed by atoms with Gasteiger partial charge in [-0.1, -0.05) is 23.2 Å². The summed E-state index contributed by atoms with van der Waals surface area (Å²) in [6.45, 7) is 0. The first kappa shape index (κ1) is 18.4. The lowest BCUT2D eigenvalue weighted by Gasteiger charge is -2.07. The number of hydrogen-bond donors (Lipinski definition) is 1. The molecule has 0 aliphatic heterocycles. The van der Waals surface area contributed by atoms with E-state index < -0.39 is 21.2 Å². The maximum absolute atomic E-state index is 11.1. The zero-order valence-corrected chi connectivity index (χ0v) is 14.1. The Morgan fingerprint density at radius 3 is 2.48 bits per heavy atom. The number of nitro groups is 2. The van der Waals surface area contributed by atoms with Crippen molar-refractivity contribution in [3.8, 4) is 5.75 Å². The first-order valence-electron chi connectivity index (χ1n) is 6.58. The summed E-state index contributed by atoms with van der Waals surface area (Å²) in [5.41, 5.74) is 2.01. The lowest BCUT2D eigenvalue weighted by atomic mass is 10.2. The van der Waals surface area contributed by atoms with E-state index in [1.54, 1.807) is 6.07 Å². The highest BCUT2D eigenvalue weighted by Crippen LogP contribution is 2.32. The molecule has 2 rings (SSSR count). The van der Waals surface area contributed by atoms with Gasteiger partial charge in [-0.25, -0.2) is 0 Å². The van der Waals surface area contributed by atoms with Crippen LogP contribution in [0.5, 0.6) is 5.75 Å². The Kier molecular flexibility index (Phi) is 5.73. The number of nitrogens with zero attached hydrogens (tertiary/aromatic N) is 3. The molecule has 0 amide bonds. The number of non-ortho nitro benzene ring substituents is 1. The van der Waals surface area contributed by atoms with Crippen molar-refractivity contribution in [1.82, 2.24) is 0 Å². The van der Waals surface area contributed by atoms with E-state index in [1.165, 1.54) is 25.5 Å². The topological polar surface area (TPSA) is 120 Å². The molecule has 0 radical (unpaired) electrons. The van der Waals surface area contributed by atoms with Gasteiger partial charge in [0.25, 0.3) is 5.69 Å². The number of nitrogens with one attached hydrogen (secondary N) is 1. The van der Waals surface area contributed by atoms with Crippen molar-refractivity contribution in [2.24, 2.45) is 5.10 Å². The van der Waals surface area contributed by atoms with E-state index in [0.29, 0.717) is 16.3 Å². The molecule has 1 N–H and O–H groups in total. The molecule has 0 saturated heterocycles. The average molecular weight is 385 g/mol. The fraction of sp³-hybridized carbons (Fsp3) is 0.0714. The van der Waals surface area contributed by atoms with Gasteiger partial charge in [0.2, 0.25) is 0 Å². The average Bonchev–Trinajstić information content (AvgIpc) is 2.54. The van der Waals surface area contributed by atoms with E-state index in [4.69, 9.17) is 27.9 Å². The molecule has 25 heavy (non-hydrogen) atoms. The lowest BCUT2D eigenvalue weighted by Crippen LogP contribution is -1.99. The van der Waals surface area contributed by atoms with E-state index in [-0.39, 0.29) is 10.7 Å². The zero-order chi connectivity index (χ0) is 18.6. The van der Waals surface area contributed by atoms with Gasteiger partial charge < -0.3 is 4.74 Å². The van der Waals surface area contributed by atoms with Crippen LogP contribution in [0.3, 0.4) is 0 Å². The maximum Gasteiger partial charge on any atom is 0.301 e. The number of benzene rings is 2. The molecule has 130 valence electrons. The van der Waals surface area contributed by atoms with Crippen molar-refractivity contribution in [3.63, 3.8) is 0 Å². The Morgan fingerprint density at radius 1 is 1.16 bits per heavy atom. The maximum atomic E-state index is 11.1. The van der Waals surface area contributed by atoms with E-state index >= 15 is 0 Å². The Hall–Kier alpha value is -2.91. The third kappa shape index (κ3) is 4.34. The molecule has 2 aromatic rings. The standard InChI is InChI=1S/C14H10Cl2N4O5/c1-25-14-8(4-9(15)5-11(14)16)7-17-18-12-3-2-10(19(21)22)6-13(12)20(23)24/h2-7,18H,1H3/b17-7+. The van der Waals surface area contributed by atoms with Crippen molar-refractivity contribution in [2.45, 2.75) is 0 Å². The van der Waals surface area contributed by atoms with Crippen molar-refractivity contribution in [3.05, 3.63) is 66.2 Å². The molecule has 0 bridgehead atoms. The van der Waals surface area contributed by atoms with Gasteiger partial charge in [-0.3, -0.25) is 25.7 Å². The molecule has 0 aromatic heterocycles. The summed E-state index contributed by atoms with van der Waals surface area (Å²) in [4.78, 5) is 20.3. The minimum absolute atomic E-state index is 0.0149. The fourth-order valence-electron chi connectivity index (χ4n) is 1.94. The largest absolute Gasteiger partial charge is 0.495 e. The summed E-state index contributed by atoms with van der Waals surface area (Å²) < 4.78 is 5.15. The highest BCUT2D eigenvalue weighted by atomic mass is 35.5. The molecule has 2 aromatic carbocycles. The van der Waals surface area contributed by atoms with Crippen molar-refractivity contribution in [2.75, 3.05) is 12.5 Å². The SMILES string of the molecule is COc1c(Cl)cc(Cl)cc1/C=N/Nc1ccc([N+](=O)[O-])cc1[N+](=O)[O-]. The predicted octanol–water partition coefficient (Wildman–Crippen LogP) is 4.26. The highest BCUT2D eigenvalue weighted by molar-refractivity contribution is 6.36. The Bertz CT molecular complexity index is 873. The molecule has 0 saturated carbocycles. The number of anilines is 1. The lowest BCUT2D eigenvalue weighted by molar-refractivity contribution is -0.393. The normalized spacial score (nSPS) is 10.7. The molecule has 0 heterocycles. The summed E-state index contributed by atoms with van der Waals surface area (Å²) >= 11 is 11.9. The van der Waals surface area contributed by atoms with Gasteiger partial charge in [-0.15, -0.1) is 0 Å². The van der Waals surface area contributed by atoms with Gasteiger partial charge in [-0.2, -0.15) is 5.10 Å².